The number of morpholine rings is 1. The second-order valence-corrected chi connectivity index (χ2v) is 6.80. The monoisotopic (exact) mass is 332 g/mol. The highest BCUT2D eigenvalue weighted by atomic mass is 16.5. The molecular formula is C18H28N4O2. The Labute approximate surface area is 144 Å². The van der Waals surface area contributed by atoms with Crippen molar-refractivity contribution in [1.29, 1.82) is 0 Å². The first-order chi connectivity index (χ1) is 11.7. The number of nitrogens with zero attached hydrogens (tertiary/aromatic N) is 3. The van der Waals surface area contributed by atoms with E-state index in [9.17, 15) is 4.79 Å². The molecule has 2 fully saturated rings. The minimum Gasteiger partial charge on any atom is -0.384 e. The molecule has 2 aliphatic rings. The molecule has 2 aliphatic heterocycles. The highest BCUT2D eigenvalue weighted by Gasteiger charge is 2.25. The predicted octanol–water partition coefficient (Wildman–Crippen LogP) is 1.31. The van der Waals surface area contributed by atoms with E-state index in [1.54, 1.807) is 6.20 Å². The van der Waals surface area contributed by atoms with Crippen LogP contribution in [0.2, 0.25) is 0 Å². The normalized spacial score (nSPS) is 22.5. The Balaban J connectivity index is 1.45. The molecule has 1 amide bonds. The van der Waals surface area contributed by atoms with E-state index in [0.29, 0.717) is 32.1 Å². The molecule has 1 atom stereocenters. The molecule has 0 saturated carbocycles. The molecule has 1 aromatic heterocycles. The maximum absolute atomic E-state index is 12.5. The molecule has 132 valence electrons. The smallest absolute Gasteiger partial charge is 0.236 e. The van der Waals surface area contributed by atoms with E-state index in [4.69, 9.17) is 10.5 Å². The van der Waals surface area contributed by atoms with Gasteiger partial charge in [0.25, 0.3) is 0 Å². The lowest BCUT2D eigenvalue weighted by atomic mass is 10.1. The second kappa shape index (κ2) is 8.44. The van der Waals surface area contributed by atoms with Gasteiger partial charge in [-0.3, -0.25) is 9.69 Å². The van der Waals surface area contributed by atoms with E-state index in [1.807, 2.05) is 17.0 Å². The van der Waals surface area contributed by atoms with Gasteiger partial charge in [0, 0.05) is 19.3 Å². The van der Waals surface area contributed by atoms with Crippen molar-refractivity contribution in [1.82, 2.24) is 14.8 Å². The zero-order valence-electron chi connectivity index (χ0n) is 14.3. The fraction of sp³-hybridized carbons (Fsp3) is 0.667. The fourth-order valence-electron chi connectivity index (χ4n) is 3.51. The van der Waals surface area contributed by atoms with E-state index in [-0.39, 0.29) is 12.0 Å². The number of pyridine rings is 1. The third-order valence-corrected chi connectivity index (χ3v) is 4.90. The van der Waals surface area contributed by atoms with Crippen LogP contribution in [0.5, 0.6) is 0 Å². The summed E-state index contributed by atoms with van der Waals surface area (Å²) < 4.78 is 5.85. The first-order valence-electron chi connectivity index (χ1n) is 9.03. The van der Waals surface area contributed by atoms with Crippen LogP contribution in [0, 0.1) is 0 Å². The largest absolute Gasteiger partial charge is 0.384 e. The molecule has 0 aromatic carbocycles. The number of aromatic nitrogens is 1. The zero-order chi connectivity index (χ0) is 16.8. The number of aryl methyl sites for hydroxylation is 1. The second-order valence-electron chi connectivity index (χ2n) is 6.80. The number of hydrogen-bond acceptors (Lipinski definition) is 5. The molecule has 0 unspecified atom stereocenters. The number of hydrogen-bond donors (Lipinski definition) is 1. The standard InChI is InChI=1S/C18H28N4O2/c19-17-12-15(6-7-20-17)4-5-16-13-22(10-11-24-16)18(23)14-21-8-2-1-3-9-21/h6-7,12,16H,1-5,8-11,13-14H2,(H2,19,20)/t16-/m1/s1. The van der Waals surface area contributed by atoms with Crippen LogP contribution in [0.1, 0.15) is 31.2 Å². The lowest BCUT2D eigenvalue weighted by Gasteiger charge is -2.35. The number of carbonyl (C=O) groups excluding carboxylic acids is 1. The number of piperidine rings is 1. The van der Waals surface area contributed by atoms with Crippen LogP contribution in [0.3, 0.4) is 0 Å². The highest BCUT2D eigenvalue weighted by molar-refractivity contribution is 5.78. The lowest BCUT2D eigenvalue weighted by molar-refractivity contribution is -0.140. The highest BCUT2D eigenvalue weighted by Crippen LogP contribution is 2.15. The van der Waals surface area contributed by atoms with Gasteiger partial charge in [-0.05, 0) is 56.5 Å². The molecule has 3 rings (SSSR count). The molecule has 0 aliphatic carbocycles. The number of amides is 1. The quantitative estimate of drug-likeness (QED) is 0.880. The molecule has 1 aromatic rings. The summed E-state index contributed by atoms with van der Waals surface area (Å²) in [5.41, 5.74) is 6.89. The molecule has 2 N–H and O–H groups in total. The number of nitrogens with two attached hydrogens (primary N) is 1. The Morgan fingerprint density at radius 2 is 2.12 bits per heavy atom. The molecule has 0 spiro atoms. The maximum Gasteiger partial charge on any atom is 0.236 e. The summed E-state index contributed by atoms with van der Waals surface area (Å²) in [7, 11) is 0. The van der Waals surface area contributed by atoms with Crippen LogP contribution in [0.4, 0.5) is 5.82 Å². The van der Waals surface area contributed by atoms with Crippen molar-refractivity contribution < 1.29 is 9.53 Å². The summed E-state index contributed by atoms with van der Waals surface area (Å²) in [5, 5.41) is 0. The Kier molecular flexibility index (Phi) is 6.04. The molecule has 6 nitrogen and oxygen atoms in total. The average molecular weight is 332 g/mol. The van der Waals surface area contributed by atoms with Gasteiger partial charge in [0.2, 0.25) is 5.91 Å². The minimum atomic E-state index is 0.110. The number of likely N-dealkylation sites (tertiary alicyclic amines) is 1. The van der Waals surface area contributed by atoms with Gasteiger partial charge in [-0.1, -0.05) is 6.42 Å². The van der Waals surface area contributed by atoms with Crippen molar-refractivity contribution in [3.8, 4) is 0 Å². The van der Waals surface area contributed by atoms with Crippen molar-refractivity contribution in [2.24, 2.45) is 0 Å². The molecule has 24 heavy (non-hydrogen) atoms. The van der Waals surface area contributed by atoms with E-state index in [2.05, 4.69) is 9.88 Å². The van der Waals surface area contributed by atoms with E-state index in [0.717, 1.165) is 25.9 Å². The molecule has 6 heteroatoms. The van der Waals surface area contributed by atoms with E-state index < -0.39 is 0 Å². The summed E-state index contributed by atoms with van der Waals surface area (Å²) in [6, 6.07) is 3.89. The third kappa shape index (κ3) is 4.92. The molecule has 0 radical (unpaired) electrons. The molecule has 0 bridgehead atoms. The number of anilines is 1. The SMILES string of the molecule is Nc1cc(CC[C@@H]2CN(C(=O)CN3CCCCC3)CCO2)ccn1. The number of ether oxygens (including phenoxy) is 1. The van der Waals surface area contributed by atoms with E-state index in [1.165, 1.54) is 24.8 Å². The van der Waals surface area contributed by atoms with E-state index >= 15 is 0 Å². The summed E-state index contributed by atoms with van der Waals surface area (Å²) in [6.45, 7) is 4.73. The topological polar surface area (TPSA) is 71.7 Å². The lowest BCUT2D eigenvalue weighted by Crippen LogP contribution is -2.49. The first kappa shape index (κ1) is 17.2. The van der Waals surface area contributed by atoms with Crippen molar-refractivity contribution >= 4 is 11.7 Å². The summed E-state index contributed by atoms with van der Waals surface area (Å²) >= 11 is 0. The first-order valence-corrected chi connectivity index (χ1v) is 9.03. The summed E-state index contributed by atoms with van der Waals surface area (Å²) in [4.78, 5) is 20.8. The van der Waals surface area contributed by atoms with Crippen LogP contribution in [-0.2, 0) is 16.0 Å². The Bertz CT molecular complexity index is 546. The number of rotatable bonds is 5. The van der Waals surface area contributed by atoms with Crippen molar-refractivity contribution in [3.63, 3.8) is 0 Å². The van der Waals surface area contributed by atoms with Gasteiger partial charge in [0.05, 0.1) is 19.3 Å². The Morgan fingerprint density at radius 1 is 1.29 bits per heavy atom. The number of nitrogen functional groups attached to an aromatic ring is 1. The summed E-state index contributed by atoms with van der Waals surface area (Å²) in [6.07, 6.45) is 7.37. The predicted molar refractivity (Wildman–Crippen MR) is 93.6 cm³/mol. The van der Waals surface area contributed by atoms with Gasteiger partial charge in [-0.25, -0.2) is 4.98 Å². The van der Waals surface area contributed by atoms with Crippen molar-refractivity contribution in [3.05, 3.63) is 23.9 Å². The van der Waals surface area contributed by atoms with Gasteiger partial charge < -0.3 is 15.4 Å². The zero-order valence-corrected chi connectivity index (χ0v) is 14.3. The van der Waals surface area contributed by atoms with Crippen LogP contribution in [0.25, 0.3) is 0 Å². The van der Waals surface area contributed by atoms with Crippen LogP contribution in [-0.4, -0.2) is 66.1 Å². The molecule has 3 heterocycles. The third-order valence-electron chi connectivity index (χ3n) is 4.90. The fourth-order valence-corrected chi connectivity index (χ4v) is 3.51. The van der Waals surface area contributed by atoms with Gasteiger partial charge in [-0.15, -0.1) is 0 Å². The van der Waals surface area contributed by atoms with Crippen molar-refractivity contribution in [2.75, 3.05) is 45.1 Å². The van der Waals surface area contributed by atoms with Gasteiger partial charge in [-0.2, -0.15) is 0 Å². The minimum absolute atomic E-state index is 0.110. The Morgan fingerprint density at radius 3 is 2.92 bits per heavy atom. The maximum atomic E-state index is 12.5. The Hall–Kier alpha value is -1.66. The summed E-state index contributed by atoms with van der Waals surface area (Å²) in [5.74, 6) is 0.800. The molecular weight excluding hydrogens is 304 g/mol. The number of carbonyl (C=O) groups is 1. The van der Waals surface area contributed by atoms with Gasteiger partial charge in [0.1, 0.15) is 5.82 Å². The molecule has 2 saturated heterocycles. The van der Waals surface area contributed by atoms with Gasteiger partial charge >= 0.3 is 0 Å². The van der Waals surface area contributed by atoms with Crippen LogP contribution >= 0.6 is 0 Å². The van der Waals surface area contributed by atoms with Gasteiger partial charge in [0.15, 0.2) is 0 Å². The van der Waals surface area contributed by atoms with Crippen LogP contribution < -0.4 is 5.73 Å². The van der Waals surface area contributed by atoms with Crippen LogP contribution in [0.15, 0.2) is 18.3 Å². The average Bonchev–Trinajstić information content (AvgIpc) is 2.61. The van der Waals surface area contributed by atoms with Crippen molar-refractivity contribution in [2.45, 2.75) is 38.2 Å².